The molecule has 3 unspecified atom stereocenters. The summed E-state index contributed by atoms with van der Waals surface area (Å²) in [5.41, 5.74) is 7.30. The smallest absolute Gasteiger partial charge is 0.154 e. The minimum atomic E-state index is -3.05. The summed E-state index contributed by atoms with van der Waals surface area (Å²) in [6.45, 7) is 1.90. The van der Waals surface area contributed by atoms with E-state index >= 15 is 0 Å². The monoisotopic (exact) mass is 281 g/mol. The Morgan fingerprint density at radius 1 is 1.21 bits per heavy atom. The van der Waals surface area contributed by atoms with Crippen LogP contribution in [0.3, 0.4) is 0 Å². The number of rotatable bonds is 4. The molecule has 3 atom stereocenters. The molecule has 0 spiro atoms. The van der Waals surface area contributed by atoms with Gasteiger partial charge in [0.25, 0.3) is 0 Å². The third kappa shape index (κ3) is 3.37. The highest BCUT2D eigenvalue weighted by Crippen LogP contribution is 2.35. The largest absolute Gasteiger partial charge is 0.327 e. The Balaban J connectivity index is 2.17. The van der Waals surface area contributed by atoms with Crippen molar-refractivity contribution in [1.82, 2.24) is 0 Å². The van der Waals surface area contributed by atoms with Crippen molar-refractivity contribution in [2.75, 3.05) is 5.75 Å². The maximum Gasteiger partial charge on any atom is 0.154 e. The lowest BCUT2D eigenvalue weighted by Crippen LogP contribution is -2.45. The highest BCUT2D eigenvalue weighted by Gasteiger charge is 2.36. The van der Waals surface area contributed by atoms with Crippen molar-refractivity contribution < 1.29 is 8.42 Å². The van der Waals surface area contributed by atoms with E-state index in [-0.39, 0.29) is 17.0 Å². The summed E-state index contributed by atoms with van der Waals surface area (Å²) in [6.07, 6.45) is 3.13. The summed E-state index contributed by atoms with van der Waals surface area (Å²) in [6, 6.07) is 10.00. The Bertz CT molecular complexity index is 498. The van der Waals surface area contributed by atoms with Gasteiger partial charge >= 0.3 is 0 Å². The molecule has 1 aromatic carbocycles. The SMILES string of the molecule is CCCS(=O)(=O)C1CC(c2ccccc2)CCC1N. The summed E-state index contributed by atoms with van der Waals surface area (Å²) in [4.78, 5) is 0. The Morgan fingerprint density at radius 2 is 1.89 bits per heavy atom. The van der Waals surface area contributed by atoms with E-state index < -0.39 is 9.84 Å². The summed E-state index contributed by atoms with van der Waals surface area (Å²) in [5.74, 6) is 0.588. The molecule has 2 rings (SSSR count). The van der Waals surface area contributed by atoms with Crippen LogP contribution in [0.1, 0.15) is 44.1 Å². The fraction of sp³-hybridized carbons (Fsp3) is 0.600. The maximum atomic E-state index is 12.3. The van der Waals surface area contributed by atoms with Crippen LogP contribution in [-0.4, -0.2) is 25.5 Å². The van der Waals surface area contributed by atoms with Gasteiger partial charge < -0.3 is 5.73 Å². The zero-order valence-electron chi connectivity index (χ0n) is 11.5. The lowest BCUT2D eigenvalue weighted by molar-refractivity contribution is 0.391. The zero-order valence-corrected chi connectivity index (χ0v) is 12.3. The first-order chi connectivity index (χ1) is 9.04. The minimum Gasteiger partial charge on any atom is -0.327 e. The summed E-state index contributed by atoms with van der Waals surface area (Å²) < 4.78 is 24.6. The standard InChI is InChI=1S/C15H23NO2S/c1-2-10-19(17,18)15-11-13(8-9-14(15)16)12-6-4-3-5-7-12/h3-7,13-15H,2,8-11,16H2,1H3. The number of sulfone groups is 1. The molecule has 1 aromatic rings. The van der Waals surface area contributed by atoms with E-state index in [9.17, 15) is 8.42 Å². The number of benzene rings is 1. The molecule has 1 saturated carbocycles. The first-order valence-corrected chi connectivity index (χ1v) is 8.78. The van der Waals surface area contributed by atoms with Gasteiger partial charge in [-0.1, -0.05) is 37.3 Å². The molecule has 2 N–H and O–H groups in total. The van der Waals surface area contributed by atoms with Crippen molar-refractivity contribution >= 4 is 9.84 Å². The fourth-order valence-corrected chi connectivity index (χ4v) is 5.10. The van der Waals surface area contributed by atoms with Gasteiger partial charge in [0.05, 0.1) is 11.0 Å². The van der Waals surface area contributed by atoms with Crippen LogP contribution in [0.2, 0.25) is 0 Å². The van der Waals surface area contributed by atoms with E-state index in [4.69, 9.17) is 5.73 Å². The molecule has 0 aromatic heterocycles. The molecule has 1 aliphatic rings. The topological polar surface area (TPSA) is 60.2 Å². The first kappa shape index (κ1) is 14.5. The molecule has 1 fully saturated rings. The molecule has 0 aliphatic heterocycles. The quantitative estimate of drug-likeness (QED) is 0.922. The number of hydrogen-bond donors (Lipinski definition) is 1. The van der Waals surface area contributed by atoms with Gasteiger partial charge in [0, 0.05) is 6.04 Å². The molecule has 19 heavy (non-hydrogen) atoms. The second-order valence-electron chi connectivity index (χ2n) is 5.49. The van der Waals surface area contributed by atoms with Crippen LogP contribution in [-0.2, 0) is 9.84 Å². The fourth-order valence-electron chi connectivity index (χ4n) is 3.03. The summed E-state index contributed by atoms with van der Waals surface area (Å²) >= 11 is 0. The molecule has 0 radical (unpaired) electrons. The number of nitrogens with two attached hydrogens (primary N) is 1. The Kier molecular flexibility index (Phi) is 4.63. The van der Waals surface area contributed by atoms with Gasteiger partial charge in [-0.05, 0) is 37.2 Å². The molecule has 1 aliphatic carbocycles. The van der Waals surface area contributed by atoms with Crippen molar-refractivity contribution in [3.8, 4) is 0 Å². The van der Waals surface area contributed by atoms with Gasteiger partial charge in [-0.3, -0.25) is 0 Å². The summed E-state index contributed by atoms with van der Waals surface area (Å²) in [5, 5.41) is -0.369. The predicted molar refractivity (Wildman–Crippen MR) is 78.9 cm³/mol. The third-order valence-corrected chi connectivity index (χ3v) is 6.51. The van der Waals surface area contributed by atoms with Crippen LogP contribution >= 0.6 is 0 Å². The van der Waals surface area contributed by atoms with Gasteiger partial charge in [0.2, 0.25) is 0 Å². The predicted octanol–water partition coefficient (Wildman–Crippen LogP) is 2.47. The van der Waals surface area contributed by atoms with Crippen LogP contribution in [0, 0.1) is 0 Å². The third-order valence-electron chi connectivity index (χ3n) is 4.06. The molecule has 0 heterocycles. The van der Waals surface area contributed by atoms with Gasteiger partial charge in [0.1, 0.15) is 0 Å². The van der Waals surface area contributed by atoms with Crippen molar-refractivity contribution in [2.45, 2.75) is 49.8 Å². The van der Waals surface area contributed by atoms with Crippen LogP contribution < -0.4 is 5.73 Å². The van der Waals surface area contributed by atoms with Crippen LogP contribution in [0.25, 0.3) is 0 Å². The van der Waals surface area contributed by atoms with Crippen molar-refractivity contribution in [3.63, 3.8) is 0 Å². The van der Waals surface area contributed by atoms with E-state index in [1.807, 2.05) is 25.1 Å². The second kappa shape index (κ2) is 6.06. The maximum absolute atomic E-state index is 12.3. The van der Waals surface area contributed by atoms with E-state index in [0.29, 0.717) is 18.8 Å². The van der Waals surface area contributed by atoms with Gasteiger partial charge in [-0.25, -0.2) is 8.42 Å². The van der Waals surface area contributed by atoms with E-state index in [0.717, 1.165) is 12.8 Å². The average Bonchev–Trinajstić information content (AvgIpc) is 2.40. The molecular weight excluding hydrogens is 258 g/mol. The zero-order chi connectivity index (χ0) is 13.9. The summed E-state index contributed by atoms with van der Waals surface area (Å²) in [7, 11) is -3.05. The minimum absolute atomic E-state index is 0.198. The van der Waals surface area contributed by atoms with E-state index in [1.165, 1.54) is 5.56 Å². The lowest BCUT2D eigenvalue weighted by atomic mass is 9.82. The van der Waals surface area contributed by atoms with Crippen LogP contribution in [0.15, 0.2) is 30.3 Å². The first-order valence-electron chi connectivity index (χ1n) is 7.06. The molecule has 4 heteroatoms. The molecular formula is C15H23NO2S. The Hall–Kier alpha value is -0.870. The normalized spacial score (nSPS) is 28.2. The van der Waals surface area contributed by atoms with Gasteiger partial charge in [-0.15, -0.1) is 0 Å². The lowest BCUT2D eigenvalue weighted by Gasteiger charge is -2.34. The van der Waals surface area contributed by atoms with Crippen molar-refractivity contribution in [1.29, 1.82) is 0 Å². The van der Waals surface area contributed by atoms with Crippen LogP contribution in [0.5, 0.6) is 0 Å². The average molecular weight is 281 g/mol. The molecule has 0 amide bonds. The second-order valence-corrected chi connectivity index (χ2v) is 7.83. The highest BCUT2D eigenvalue weighted by molar-refractivity contribution is 7.92. The Labute approximate surface area is 116 Å². The molecule has 106 valence electrons. The molecule has 0 bridgehead atoms. The molecule has 3 nitrogen and oxygen atoms in total. The highest BCUT2D eigenvalue weighted by atomic mass is 32.2. The van der Waals surface area contributed by atoms with E-state index in [1.54, 1.807) is 0 Å². The Morgan fingerprint density at radius 3 is 2.53 bits per heavy atom. The van der Waals surface area contributed by atoms with Crippen molar-refractivity contribution in [2.24, 2.45) is 5.73 Å². The van der Waals surface area contributed by atoms with E-state index in [2.05, 4.69) is 12.1 Å². The number of hydrogen-bond acceptors (Lipinski definition) is 3. The van der Waals surface area contributed by atoms with Gasteiger partial charge in [0.15, 0.2) is 9.84 Å². The van der Waals surface area contributed by atoms with Crippen molar-refractivity contribution in [3.05, 3.63) is 35.9 Å². The van der Waals surface area contributed by atoms with Gasteiger partial charge in [-0.2, -0.15) is 0 Å². The molecule has 0 saturated heterocycles. The van der Waals surface area contributed by atoms with Crippen LogP contribution in [0.4, 0.5) is 0 Å².